The predicted molar refractivity (Wildman–Crippen MR) is 130 cm³/mol. The summed E-state index contributed by atoms with van der Waals surface area (Å²) in [7, 11) is 3.19. The van der Waals surface area contributed by atoms with Gasteiger partial charge < -0.3 is 29.4 Å². The van der Waals surface area contributed by atoms with Gasteiger partial charge in [0.1, 0.15) is 5.78 Å². The molecular weight excluding hydrogens is 430 g/mol. The lowest BCUT2D eigenvalue weighted by Crippen LogP contribution is -2.45. The fourth-order valence-corrected chi connectivity index (χ4v) is 1.97. The molecule has 1 N–H and O–H groups in total. The highest BCUT2D eigenvalue weighted by Gasteiger charge is 2.14. The van der Waals surface area contributed by atoms with E-state index in [9.17, 15) is 24.0 Å². The first-order valence-electron chi connectivity index (χ1n) is 11.2. The first kappa shape index (κ1) is 37.8. The molecule has 196 valence electrons. The Morgan fingerprint density at radius 1 is 0.909 bits per heavy atom. The summed E-state index contributed by atoms with van der Waals surface area (Å²) in [6, 6.07) is 0. The summed E-state index contributed by atoms with van der Waals surface area (Å²) in [4.78, 5) is 53.7. The predicted octanol–water partition coefficient (Wildman–Crippen LogP) is 2.05. The monoisotopic (exact) mass is 477 g/mol. The van der Waals surface area contributed by atoms with E-state index in [1.54, 1.807) is 18.7 Å². The van der Waals surface area contributed by atoms with Crippen molar-refractivity contribution in [1.82, 2.24) is 15.1 Å². The zero-order valence-corrected chi connectivity index (χ0v) is 22.4. The largest absolute Gasteiger partial charge is 0.469 e. The van der Waals surface area contributed by atoms with E-state index in [1.165, 1.54) is 34.8 Å². The molecule has 2 aliphatic rings. The summed E-state index contributed by atoms with van der Waals surface area (Å²) in [6.45, 7) is 18.3. The van der Waals surface area contributed by atoms with E-state index in [2.05, 4.69) is 14.8 Å². The second-order valence-electron chi connectivity index (χ2n) is 6.70. The van der Waals surface area contributed by atoms with Crippen molar-refractivity contribution in [2.75, 3.05) is 53.5 Å². The van der Waals surface area contributed by atoms with E-state index >= 15 is 0 Å². The Balaban J connectivity index is -0.000000161. The van der Waals surface area contributed by atoms with E-state index in [-0.39, 0.29) is 23.6 Å². The Kier molecular flexibility index (Phi) is 31.6. The third-order valence-electron chi connectivity index (χ3n) is 3.51. The van der Waals surface area contributed by atoms with Crippen LogP contribution in [0, 0.1) is 0 Å². The van der Waals surface area contributed by atoms with Gasteiger partial charge in [0, 0.05) is 67.0 Å². The normalized spacial score (nSPS) is 13.3. The van der Waals surface area contributed by atoms with Crippen molar-refractivity contribution < 1.29 is 33.4 Å². The molecule has 33 heavy (non-hydrogen) atoms. The number of hydrogen-bond acceptors (Lipinski definition) is 8. The van der Waals surface area contributed by atoms with Gasteiger partial charge in [-0.15, -0.1) is 0 Å². The Bertz CT molecular complexity index is 530. The topological polar surface area (TPSA) is 122 Å². The van der Waals surface area contributed by atoms with Gasteiger partial charge in [0.15, 0.2) is 0 Å². The number of amides is 2. The van der Waals surface area contributed by atoms with Crippen LogP contribution in [0.4, 0.5) is 0 Å². The van der Waals surface area contributed by atoms with Crippen LogP contribution in [-0.2, 0) is 33.4 Å². The number of likely N-dealkylation sites (tertiary alicyclic amines) is 1. The maximum Gasteiger partial charge on any atom is 0.302 e. The van der Waals surface area contributed by atoms with Gasteiger partial charge in [-0.05, 0) is 27.2 Å². The van der Waals surface area contributed by atoms with Crippen molar-refractivity contribution in [3.8, 4) is 0 Å². The molecule has 0 saturated carbocycles. The number of carbonyl (C=O) groups is 5. The van der Waals surface area contributed by atoms with Crippen molar-refractivity contribution in [1.29, 1.82) is 0 Å². The molecule has 0 atom stereocenters. The lowest BCUT2D eigenvalue weighted by molar-refractivity contribution is -0.140. The summed E-state index contributed by atoms with van der Waals surface area (Å²) >= 11 is 0. The molecule has 0 aliphatic carbocycles. The molecule has 0 aromatic heterocycles. The van der Waals surface area contributed by atoms with Crippen molar-refractivity contribution in [3.05, 3.63) is 0 Å². The molecule has 2 heterocycles. The van der Waals surface area contributed by atoms with E-state index in [4.69, 9.17) is 0 Å². The smallest absolute Gasteiger partial charge is 0.302 e. The average Bonchev–Trinajstić information content (AvgIpc) is 3.13. The molecule has 2 rings (SSSR count). The molecule has 2 amide bonds. The summed E-state index contributed by atoms with van der Waals surface area (Å²) in [5.74, 6) is 0.194. The molecule has 0 aromatic carbocycles. The van der Waals surface area contributed by atoms with Crippen LogP contribution in [0.5, 0.6) is 0 Å². The van der Waals surface area contributed by atoms with E-state index in [1.807, 2.05) is 25.8 Å². The summed E-state index contributed by atoms with van der Waals surface area (Å²) in [5, 5.41) is 3.18. The Hall–Kier alpha value is -2.49. The van der Waals surface area contributed by atoms with Gasteiger partial charge in [0.2, 0.25) is 11.8 Å². The molecule has 0 bridgehead atoms. The molecule has 2 fully saturated rings. The third kappa shape index (κ3) is 37.2. The number of nitrogens with one attached hydrogen (secondary N) is 1. The molecule has 10 heteroatoms. The van der Waals surface area contributed by atoms with Gasteiger partial charge in [-0.3, -0.25) is 19.2 Å². The van der Waals surface area contributed by atoms with Crippen molar-refractivity contribution in [2.24, 2.45) is 0 Å². The minimum Gasteiger partial charge on any atom is -0.469 e. The first-order chi connectivity index (χ1) is 15.4. The van der Waals surface area contributed by atoms with Gasteiger partial charge in [0.05, 0.1) is 13.7 Å². The maximum atomic E-state index is 10.7. The molecule has 10 nitrogen and oxygen atoms in total. The Morgan fingerprint density at radius 3 is 1.45 bits per heavy atom. The lowest BCUT2D eigenvalue weighted by Gasteiger charge is -2.25. The molecule has 0 radical (unpaired) electrons. The number of hydrogen-bond donors (Lipinski definition) is 1. The van der Waals surface area contributed by atoms with Gasteiger partial charge in [-0.1, -0.05) is 13.8 Å². The molecule has 0 aromatic rings. The van der Waals surface area contributed by atoms with Crippen LogP contribution in [0.2, 0.25) is 0 Å². The van der Waals surface area contributed by atoms with Crippen molar-refractivity contribution >= 4 is 29.5 Å². The fraction of sp³-hybridized carbons (Fsp3) is 0.783. The number of ether oxygens (including phenoxy) is 2. The van der Waals surface area contributed by atoms with E-state index in [0.717, 1.165) is 45.6 Å². The second-order valence-corrected chi connectivity index (χ2v) is 6.70. The average molecular weight is 478 g/mol. The van der Waals surface area contributed by atoms with Crippen molar-refractivity contribution in [3.63, 3.8) is 0 Å². The highest BCUT2D eigenvalue weighted by atomic mass is 16.5. The van der Waals surface area contributed by atoms with Gasteiger partial charge in [-0.25, -0.2) is 0 Å². The van der Waals surface area contributed by atoms with Crippen LogP contribution < -0.4 is 5.32 Å². The zero-order chi connectivity index (χ0) is 26.8. The number of esters is 2. The number of carbonyl (C=O) groups excluding carboxylic acids is 5. The quantitative estimate of drug-likeness (QED) is 0.569. The number of nitrogens with zero attached hydrogens (tertiary/aromatic N) is 2. The summed E-state index contributed by atoms with van der Waals surface area (Å²) < 4.78 is 8.51. The van der Waals surface area contributed by atoms with Gasteiger partial charge in [-0.2, -0.15) is 0 Å². The number of ketones is 1. The Labute approximate surface area is 200 Å². The molecule has 0 spiro atoms. The molecule has 0 unspecified atom stereocenters. The third-order valence-corrected chi connectivity index (χ3v) is 3.51. The Morgan fingerprint density at radius 2 is 1.33 bits per heavy atom. The number of rotatable bonds is 1. The SMILES string of the molecule is CC.CC(=O)N1CCNCC1.CC(C)=O.CCOC(C)=O.CN1CCCC1=O.COC(C)=O. The number of Topliss-reactive ketones (excluding diaryl/α,β-unsaturated/α-hetero) is 1. The van der Waals surface area contributed by atoms with Gasteiger partial charge in [0.25, 0.3) is 0 Å². The summed E-state index contributed by atoms with van der Waals surface area (Å²) in [6.07, 6.45) is 1.81. The van der Waals surface area contributed by atoms with E-state index < -0.39 is 0 Å². The lowest BCUT2D eigenvalue weighted by atomic mass is 10.4. The van der Waals surface area contributed by atoms with Crippen LogP contribution in [0.1, 0.15) is 68.2 Å². The fourth-order valence-electron chi connectivity index (χ4n) is 1.97. The summed E-state index contributed by atoms with van der Waals surface area (Å²) in [5.41, 5.74) is 0. The molecule has 2 aliphatic heterocycles. The van der Waals surface area contributed by atoms with Crippen molar-refractivity contribution in [2.45, 2.75) is 68.2 Å². The minimum atomic E-state index is -0.245. The highest BCUT2D eigenvalue weighted by molar-refractivity contribution is 5.77. The highest BCUT2D eigenvalue weighted by Crippen LogP contribution is 2.04. The molecule has 2 saturated heterocycles. The minimum absolute atomic E-state index is 0.167. The van der Waals surface area contributed by atoms with Crippen LogP contribution in [0.15, 0.2) is 0 Å². The van der Waals surface area contributed by atoms with Crippen LogP contribution in [0.25, 0.3) is 0 Å². The molecular formula is C23H47N3O7. The van der Waals surface area contributed by atoms with Crippen LogP contribution in [0.3, 0.4) is 0 Å². The number of piperazine rings is 1. The van der Waals surface area contributed by atoms with Crippen LogP contribution in [-0.4, -0.2) is 92.8 Å². The van der Waals surface area contributed by atoms with Gasteiger partial charge >= 0.3 is 11.9 Å². The second kappa shape index (κ2) is 27.5. The maximum absolute atomic E-state index is 10.7. The van der Waals surface area contributed by atoms with E-state index in [0.29, 0.717) is 12.5 Å². The number of methoxy groups -OCH3 is 1. The zero-order valence-electron chi connectivity index (χ0n) is 22.4. The standard InChI is InChI=1S/C6H12N2O.C5H9NO.C4H8O2.C3H6O2.C3H6O.C2H6/c1-6(9)8-4-2-7-3-5-8;1-6-4-2-3-5(6)7;1-3-6-4(2)5;1-3(4)5-2;1-3(2)4;1-2/h7H,2-5H2,1H3;2-4H2,1H3;3H2,1-2H3;1-2H3;1-2H3;1-2H3. The first-order valence-corrected chi connectivity index (χ1v) is 11.2. The van der Waals surface area contributed by atoms with Crippen LogP contribution >= 0.6 is 0 Å².